The van der Waals surface area contributed by atoms with E-state index in [-0.39, 0.29) is 5.78 Å². The van der Waals surface area contributed by atoms with E-state index in [0.29, 0.717) is 12.8 Å². The van der Waals surface area contributed by atoms with E-state index < -0.39 is 5.60 Å². The highest BCUT2D eigenvalue weighted by molar-refractivity contribution is 5.79. The lowest BCUT2D eigenvalue weighted by Crippen LogP contribution is -2.27. The molecule has 0 fully saturated rings. The van der Waals surface area contributed by atoms with Gasteiger partial charge in [0.05, 0.1) is 5.60 Å². The third kappa shape index (κ3) is 6.76. The number of rotatable bonds is 7. The van der Waals surface area contributed by atoms with E-state index in [1.807, 2.05) is 6.92 Å². The second kappa shape index (κ2) is 6.14. The Morgan fingerprint density at radius 1 is 1.31 bits per heavy atom. The quantitative estimate of drug-likeness (QED) is 0.663. The third-order valence-corrected chi connectivity index (χ3v) is 2.18. The molecule has 0 aliphatic carbocycles. The van der Waals surface area contributed by atoms with Crippen LogP contribution in [0.2, 0.25) is 0 Å². The van der Waals surface area contributed by atoms with Crippen LogP contribution in [0.1, 0.15) is 59.3 Å². The number of aliphatic hydroxyl groups is 1. The molecule has 0 heterocycles. The molecule has 2 nitrogen and oxygen atoms in total. The van der Waals surface area contributed by atoms with Gasteiger partial charge in [-0.2, -0.15) is 0 Å². The van der Waals surface area contributed by atoms with Crippen molar-refractivity contribution in [2.75, 3.05) is 0 Å². The third-order valence-electron chi connectivity index (χ3n) is 2.18. The molecule has 13 heavy (non-hydrogen) atoms. The van der Waals surface area contributed by atoms with Gasteiger partial charge < -0.3 is 5.11 Å². The summed E-state index contributed by atoms with van der Waals surface area (Å²) in [6, 6.07) is 0. The van der Waals surface area contributed by atoms with E-state index >= 15 is 0 Å². The predicted molar refractivity (Wildman–Crippen MR) is 54.7 cm³/mol. The molecule has 0 aromatic rings. The number of hydrogen-bond donors (Lipinski definition) is 1. The van der Waals surface area contributed by atoms with E-state index in [0.717, 1.165) is 25.7 Å². The minimum Gasteiger partial charge on any atom is -0.390 e. The fraction of sp³-hybridized carbons (Fsp3) is 0.909. The second-order valence-corrected chi connectivity index (χ2v) is 4.07. The molecule has 1 atom stereocenters. The van der Waals surface area contributed by atoms with E-state index in [1.54, 1.807) is 6.92 Å². The van der Waals surface area contributed by atoms with Gasteiger partial charge in [0.2, 0.25) is 0 Å². The molecule has 1 unspecified atom stereocenters. The molecule has 0 aliphatic heterocycles. The van der Waals surface area contributed by atoms with E-state index in [2.05, 4.69) is 6.92 Å². The van der Waals surface area contributed by atoms with Crippen molar-refractivity contribution in [1.29, 1.82) is 0 Å². The number of Topliss-reactive ketones (excluding diaryl/α,β-unsaturated/α-hetero) is 1. The van der Waals surface area contributed by atoms with Crippen LogP contribution < -0.4 is 0 Å². The maximum absolute atomic E-state index is 11.3. The van der Waals surface area contributed by atoms with E-state index in [4.69, 9.17) is 0 Å². The van der Waals surface area contributed by atoms with Crippen molar-refractivity contribution in [3.63, 3.8) is 0 Å². The smallest absolute Gasteiger partial charge is 0.135 e. The van der Waals surface area contributed by atoms with Gasteiger partial charge in [0.1, 0.15) is 5.78 Å². The lowest BCUT2D eigenvalue weighted by molar-refractivity contribution is -0.123. The predicted octanol–water partition coefficient (Wildman–Crippen LogP) is 2.69. The highest BCUT2D eigenvalue weighted by atomic mass is 16.3. The van der Waals surface area contributed by atoms with Gasteiger partial charge in [-0.25, -0.2) is 0 Å². The zero-order valence-corrected chi connectivity index (χ0v) is 9.10. The number of hydrogen-bond acceptors (Lipinski definition) is 2. The van der Waals surface area contributed by atoms with Gasteiger partial charge in [-0.3, -0.25) is 4.79 Å². The maximum Gasteiger partial charge on any atom is 0.135 e. The first-order valence-electron chi connectivity index (χ1n) is 5.26. The molecule has 1 N–H and O–H groups in total. The molecule has 0 bridgehead atoms. The van der Waals surface area contributed by atoms with Crippen LogP contribution in [0.4, 0.5) is 0 Å². The molecule has 0 aromatic carbocycles. The topological polar surface area (TPSA) is 37.3 Å². The van der Waals surface area contributed by atoms with Crippen LogP contribution in [-0.2, 0) is 4.79 Å². The zero-order chi connectivity index (χ0) is 10.3. The Labute approximate surface area is 81.3 Å². The molecule has 2 heteroatoms. The van der Waals surface area contributed by atoms with Gasteiger partial charge >= 0.3 is 0 Å². The summed E-state index contributed by atoms with van der Waals surface area (Å²) < 4.78 is 0. The van der Waals surface area contributed by atoms with Gasteiger partial charge in [-0.05, 0) is 19.8 Å². The Morgan fingerprint density at radius 2 is 1.92 bits per heavy atom. The van der Waals surface area contributed by atoms with Crippen LogP contribution in [0, 0.1) is 0 Å². The number of carbonyl (C=O) groups excluding carboxylic acids is 1. The molecule has 0 spiro atoms. The lowest BCUT2D eigenvalue weighted by Gasteiger charge is -2.21. The van der Waals surface area contributed by atoms with Gasteiger partial charge in [0.25, 0.3) is 0 Å². The summed E-state index contributed by atoms with van der Waals surface area (Å²) in [5.41, 5.74) is -0.776. The Morgan fingerprint density at radius 3 is 2.38 bits per heavy atom. The SMILES string of the molecule is CCCCC(C)(O)CC(=O)CCC. The van der Waals surface area contributed by atoms with Crippen molar-refractivity contribution in [1.82, 2.24) is 0 Å². The zero-order valence-electron chi connectivity index (χ0n) is 9.10. The molecule has 78 valence electrons. The van der Waals surface area contributed by atoms with E-state index in [1.165, 1.54) is 0 Å². The summed E-state index contributed by atoms with van der Waals surface area (Å²) in [4.78, 5) is 11.3. The summed E-state index contributed by atoms with van der Waals surface area (Å²) in [7, 11) is 0. The normalized spacial score (nSPS) is 15.4. The number of carbonyl (C=O) groups is 1. The highest BCUT2D eigenvalue weighted by Gasteiger charge is 2.22. The average Bonchev–Trinajstić information content (AvgIpc) is 2.00. The van der Waals surface area contributed by atoms with Gasteiger partial charge in [-0.1, -0.05) is 26.7 Å². The van der Waals surface area contributed by atoms with Crippen LogP contribution in [0.5, 0.6) is 0 Å². The summed E-state index contributed by atoms with van der Waals surface area (Å²) in [5, 5.41) is 9.82. The van der Waals surface area contributed by atoms with E-state index in [9.17, 15) is 9.90 Å². The van der Waals surface area contributed by atoms with Crippen molar-refractivity contribution in [2.45, 2.75) is 64.9 Å². The van der Waals surface area contributed by atoms with Crippen LogP contribution in [0.15, 0.2) is 0 Å². The van der Waals surface area contributed by atoms with Gasteiger partial charge in [0, 0.05) is 12.8 Å². The lowest BCUT2D eigenvalue weighted by atomic mass is 9.92. The van der Waals surface area contributed by atoms with Gasteiger partial charge in [-0.15, -0.1) is 0 Å². The van der Waals surface area contributed by atoms with Crippen LogP contribution in [0.25, 0.3) is 0 Å². The first-order chi connectivity index (χ1) is 6.02. The minimum atomic E-state index is -0.776. The Kier molecular flexibility index (Phi) is 5.97. The monoisotopic (exact) mass is 186 g/mol. The fourth-order valence-electron chi connectivity index (χ4n) is 1.44. The molecule has 0 amide bonds. The van der Waals surface area contributed by atoms with Crippen molar-refractivity contribution in [2.24, 2.45) is 0 Å². The molecule has 0 radical (unpaired) electrons. The second-order valence-electron chi connectivity index (χ2n) is 4.07. The Hall–Kier alpha value is -0.370. The number of ketones is 1. The molecule has 0 aliphatic rings. The van der Waals surface area contributed by atoms with Crippen molar-refractivity contribution >= 4 is 5.78 Å². The van der Waals surface area contributed by atoms with Crippen molar-refractivity contribution in [3.05, 3.63) is 0 Å². The maximum atomic E-state index is 11.3. The van der Waals surface area contributed by atoms with Crippen LogP contribution in [-0.4, -0.2) is 16.5 Å². The highest BCUT2D eigenvalue weighted by Crippen LogP contribution is 2.19. The molecular weight excluding hydrogens is 164 g/mol. The Balaban J connectivity index is 3.79. The van der Waals surface area contributed by atoms with Crippen LogP contribution in [0.3, 0.4) is 0 Å². The largest absolute Gasteiger partial charge is 0.390 e. The summed E-state index contributed by atoms with van der Waals surface area (Å²) in [6.45, 7) is 5.83. The van der Waals surface area contributed by atoms with Crippen LogP contribution >= 0.6 is 0 Å². The molecular formula is C11H22O2. The molecule has 0 aromatic heterocycles. The fourth-order valence-corrected chi connectivity index (χ4v) is 1.44. The first-order valence-corrected chi connectivity index (χ1v) is 5.26. The molecule has 0 saturated heterocycles. The summed E-state index contributed by atoms with van der Waals surface area (Å²) in [6.07, 6.45) is 4.59. The summed E-state index contributed by atoms with van der Waals surface area (Å²) in [5.74, 6) is 0.184. The number of unbranched alkanes of at least 4 members (excludes halogenated alkanes) is 1. The van der Waals surface area contributed by atoms with Crippen molar-refractivity contribution in [3.8, 4) is 0 Å². The average molecular weight is 186 g/mol. The summed E-state index contributed by atoms with van der Waals surface area (Å²) >= 11 is 0. The molecule has 0 saturated carbocycles. The first kappa shape index (κ1) is 12.6. The van der Waals surface area contributed by atoms with Crippen molar-refractivity contribution < 1.29 is 9.90 Å². The molecule has 0 rings (SSSR count). The minimum absolute atomic E-state index is 0.184. The van der Waals surface area contributed by atoms with Gasteiger partial charge in [0.15, 0.2) is 0 Å². The Bertz CT molecular complexity index is 150. The standard InChI is InChI=1S/C11H22O2/c1-4-6-8-11(3,13)9-10(12)7-5-2/h13H,4-9H2,1-3H3.